The Morgan fingerprint density at radius 3 is 2.41 bits per heavy atom. The smallest absolute Gasteiger partial charge is 0.256 e. The van der Waals surface area contributed by atoms with Gasteiger partial charge < -0.3 is 10.2 Å². The van der Waals surface area contributed by atoms with Gasteiger partial charge in [-0.15, -0.1) is 0 Å². The van der Waals surface area contributed by atoms with Crippen LogP contribution in [0.5, 0.6) is 0 Å². The molecule has 0 aromatic heterocycles. The van der Waals surface area contributed by atoms with Gasteiger partial charge >= 0.3 is 0 Å². The molecule has 0 aliphatic carbocycles. The molecule has 2 aromatic rings. The van der Waals surface area contributed by atoms with Crippen molar-refractivity contribution in [3.05, 3.63) is 71.5 Å². The van der Waals surface area contributed by atoms with Crippen LogP contribution in [-0.4, -0.2) is 36.3 Å². The number of hydrogen-bond donors (Lipinski definition) is 1. The van der Waals surface area contributed by atoms with Crippen molar-refractivity contribution in [3.8, 4) is 0 Å². The lowest BCUT2D eigenvalue weighted by atomic mass is 9.88. The molecule has 1 aliphatic heterocycles. The summed E-state index contributed by atoms with van der Waals surface area (Å²) in [5, 5.41) is 2.98. The van der Waals surface area contributed by atoms with E-state index in [1.54, 1.807) is 17.0 Å². The van der Waals surface area contributed by atoms with Crippen LogP contribution in [0.25, 0.3) is 0 Å². The number of halogens is 1. The van der Waals surface area contributed by atoms with Gasteiger partial charge in [0.15, 0.2) is 0 Å². The van der Waals surface area contributed by atoms with Crippen LogP contribution in [0.15, 0.2) is 54.6 Å². The van der Waals surface area contributed by atoms with E-state index in [9.17, 15) is 14.0 Å². The van der Waals surface area contributed by atoms with Crippen molar-refractivity contribution in [3.63, 3.8) is 0 Å². The molecule has 1 heterocycles. The maximum atomic E-state index is 14.1. The lowest BCUT2D eigenvalue weighted by molar-refractivity contribution is -0.125. The van der Waals surface area contributed by atoms with Crippen LogP contribution in [0.3, 0.4) is 0 Å². The quantitative estimate of drug-likeness (QED) is 0.879. The minimum atomic E-state index is -0.536. The van der Waals surface area contributed by atoms with Gasteiger partial charge in [0, 0.05) is 25.6 Å². The van der Waals surface area contributed by atoms with E-state index in [0.29, 0.717) is 19.0 Å². The monoisotopic (exact) mass is 368 g/mol. The molecule has 2 amide bonds. The number of hydrogen-bond acceptors (Lipinski definition) is 2. The first-order chi connectivity index (χ1) is 13.0. The predicted molar refractivity (Wildman–Crippen MR) is 103 cm³/mol. The Bertz CT molecular complexity index is 807. The van der Waals surface area contributed by atoms with Crippen molar-refractivity contribution in [1.29, 1.82) is 0 Å². The van der Waals surface area contributed by atoms with Gasteiger partial charge in [-0.1, -0.05) is 56.3 Å². The summed E-state index contributed by atoms with van der Waals surface area (Å²) in [5.41, 5.74) is 1.07. The molecule has 0 spiro atoms. The third-order valence-electron chi connectivity index (χ3n) is 4.96. The van der Waals surface area contributed by atoms with Gasteiger partial charge in [-0.2, -0.15) is 0 Å². The molecule has 0 radical (unpaired) electrons. The summed E-state index contributed by atoms with van der Waals surface area (Å²) in [4.78, 5) is 27.2. The van der Waals surface area contributed by atoms with Crippen LogP contribution in [0.1, 0.15) is 35.7 Å². The van der Waals surface area contributed by atoms with Gasteiger partial charge in [0.05, 0.1) is 11.5 Å². The van der Waals surface area contributed by atoms with Gasteiger partial charge in [-0.05, 0) is 23.6 Å². The van der Waals surface area contributed by atoms with Crippen molar-refractivity contribution >= 4 is 11.8 Å². The number of nitrogens with one attached hydrogen (secondary N) is 1. The molecule has 1 N–H and O–H groups in total. The molecule has 1 fully saturated rings. The molecule has 4 nitrogen and oxygen atoms in total. The number of amides is 2. The van der Waals surface area contributed by atoms with Crippen LogP contribution in [0.2, 0.25) is 0 Å². The molecule has 0 saturated carbocycles. The molecule has 27 heavy (non-hydrogen) atoms. The number of benzene rings is 2. The largest absolute Gasteiger partial charge is 0.356 e. The normalized spacial score (nSPS) is 19.3. The van der Waals surface area contributed by atoms with Crippen molar-refractivity contribution < 1.29 is 14.0 Å². The molecule has 2 unspecified atom stereocenters. The SMILES string of the molecule is CC(C)CNC(=O)C1CN(C(=O)c2ccccc2F)CC1c1ccccc1. The third kappa shape index (κ3) is 4.35. The highest BCUT2D eigenvalue weighted by molar-refractivity contribution is 5.95. The van der Waals surface area contributed by atoms with Gasteiger partial charge in [-0.25, -0.2) is 4.39 Å². The lowest BCUT2D eigenvalue weighted by Crippen LogP contribution is -2.37. The van der Waals surface area contributed by atoms with E-state index in [4.69, 9.17) is 0 Å². The zero-order valence-electron chi connectivity index (χ0n) is 15.7. The molecule has 2 aromatic carbocycles. The van der Waals surface area contributed by atoms with Crippen molar-refractivity contribution in [2.75, 3.05) is 19.6 Å². The first-order valence-corrected chi connectivity index (χ1v) is 9.34. The maximum absolute atomic E-state index is 14.1. The van der Waals surface area contributed by atoms with E-state index in [-0.39, 0.29) is 35.8 Å². The number of likely N-dealkylation sites (tertiary alicyclic amines) is 1. The van der Waals surface area contributed by atoms with Crippen molar-refractivity contribution in [2.45, 2.75) is 19.8 Å². The number of carbonyl (C=O) groups excluding carboxylic acids is 2. The first kappa shape index (κ1) is 19.1. The average molecular weight is 368 g/mol. The molecule has 1 saturated heterocycles. The summed E-state index contributed by atoms with van der Waals surface area (Å²) in [6.45, 7) is 5.36. The summed E-state index contributed by atoms with van der Waals surface area (Å²) in [5.74, 6) is -1.06. The van der Waals surface area contributed by atoms with Crippen LogP contribution in [0, 0.1) is 17.7 Å². The second-order valence-electron chi connectivity index (χ2n) is 7.45. The predicted octanol–water partition coefficient (Wildman–Crippen LogP) is 3.45. The third-order valence-corrected chi connectivity index (χ3v) is 4.96. The highest BCUT2D eigenvalue weighted by atomic mass is 19.1. The van der Waals surface area contributed by atoms with E-state index >= 15 is 0 Å². The van der Waals surface area contributed by atoms with Gasteiger partial charge in [0.2, 0.25) is 5.91 Å². The fourth-order valence-corrected chi connectivity index (χ4v) is 3.51. The summed E-state index contributed by atoms with van der Waals surface area (Å²) in [6, 6.07) is 15.7. The second kappa shape index (κ2) is 8.33. The standard InChI is InChI=1S/C22H25FN2O2/c1-15(2)12-24-21(26)19-14-25(13-18(19)16-8-4-3-5-9-16)22(27)17-10-6-7-11-20(17)23/h3-11,15,18-19H,12-14H2,1-2H3,(H,24,26). The van der Waals surface area contributed by atoms with Gasteiger partial charge in [-0.3, -0.25) is 9.59 Å². The van der Waals surface area contributed by atoms with Crippen LogP contribution >= 0.6 is 0 Å². The van der Waals surface area contributed by atoms with Crippen LogP contribution in [-0.2, 0) is 4.79 Å². The van der Waals surface area contributed by atoms with Crippen molar-refractivity contribution in [2.24, 2.45) is 11.8 Å². The molecule has 2 atom stereocenters. The fraction of sp³-hybridized carbons (Fsp3) is 0.364. The number of carbonyl (C=O) groups is 2. The van der Waals surface area contributed by atoms with Crippen molar-refractivity contribution in [1.82, 2.24) is 10.2 Å². The maximum Gasteiger partial charge on any atom is 0.256 e. The Kier molecular flexibility index (Phi) is 5.89. The van der Waals surface area contributed by atoms with E-state index in [2.05, 4.69) is 5.32 Å². The minimum Gasteiger partial charge on any atom is -0.356 e. The second-order valence-corrected chi connectivity index (χ2v) is 7.45. The highest BCUT2D eigenvalue weighted by Gasteiger charge is 2.40. The molecule has 0 bridgehead atoms. The van der Waals surface area contributed by atoms with E-state index < -0.39 is 5.82 Å². The topological polar surface area (TPSA) is 49.4 Å². The number of rotatable bonds is 5. The molecular formula is C22H25FN2O2. The molecule has 5 heteroatoms. The first-order valence-electron chi connectivity index (χ1n) is 9.34. The summed E-state index contributed by atoms with van der Waals surface area (Å²) >= 11 is 0. The molecular weight excluding hydrogens is 343 g/mol. The molecule has 142 valence electrons. The number of nitrogens with zero attached hydrogens (tertiary/aromatic N) is 1. The van der Waals surface area contributed by atoms with Gasteiger partial charge in [0.1, 0.15) is 5.82 Å². The summed E-state index contributed by atoms with van der Waals surface area (Å²) in [7, 11) is 0. The molecule has 1 aliphatic rings. The Balaban J connectivity index is 1.84. The fourth-order valence-electron chi connectivity index (χ4n) is 3.51. The summed E-state index contributed by atoms with van der Waals surface area (Å²) < 4.78 is 14.1. The van der Waals surface area contributed by atoms with E-state index in [1.807, 2.05) is 44.2 Å². The van der Waals surface area contributed by atoms with Crippen LogP contribution < -0.4 is 5.32 Å². The Hall–Kier alpha value is -2.69. The zero-order valence-corrected chi connectivity index (χ0v) is 15.7. The lowest BCUT2D eigenvalue weighted by Gasteiger charge is -2.18. The molecule has 3 rings (SSSR count). The highest BCUT2D eigenvalue weighted by Crippen LogP contribution is 2.34. The Morgan fingerprint density at radius 2 is 1.74 bits per heavy atom. The minimum absolute atomic E-state index is 0.0487. The Morgan fingerprint density at radius 1 is 1.07 bits per heavy atom. The Labute approximate surface area is 159 Å². The van der Waals surface area contributed by atoms with E-state index in [1.165, 1.54) is 12.1 Å². The average Bonchev–Trinajstić information content (AvgIpc) is 3.12. The zero-order chi connectivity index (χ0) is 19.4. The van der Waals surface area contributed by atoms with Crippen LogP contribution in [0.4, 0.5) is 4.39 Å². The summed E-state index contributed by atoms with van der Waals surface area (Å²) in [6.07, 6.45) is 0. The van der Waals surface area contributed by atoms with Gasteiger partial charge in [0.25, 0.3) is 5.91 Å². The van der Waals surface area contributed by atoms with E-state index in [0.717, 1.165) is 5.56 Å².